The lowest BCUT2D eigenvalue weighted by Crippen LogP contribution is -2.33. The summed E-state index contributed by atoms with van der Waals surface area (Å²) in [4.78, 5) is 16.2. The zero-order valence-electron chi connectivity index (χ0n) is 11.1. The molecule has 1 aliphatic carbocycles. The van der Waals surface area contributed by atoms with Crippen molar-refractivity contribution >= 4 is 17.5 Å². The van der Waals surface area contributed by atoms with Crippen LogP contribution in [0.4, 0.5) is 0 Å². The molecule has 2 rings (SSSR count). The minimum atomic E-state index is -0.116. The van der Waals surface area contributed by atoms with Gasteiger partial charge in [-0.2, -0.15) is 0 Å². The first-order valence-corrected chi connectivity index (χ1v) is 6.68. The maximum atomic E-state index is 12.1. The minimum Gasteiger partial charge on any atom is -0.349 e. The van der Waals surface area contributed by atoms with Gasteiger partial charge in [-0.25, -0.2) is 0 Å². The molecule has 1 fully saturated rings. The molecular formula is C14H19ClN2O. The van der Waals surface area contributed by atoms with Crippen LogP contribution in [0.1, 0.15) is 49.2 Å². The zero-order valence-corrected chi connectivity index (χ0v) is 11.8. The van der Waals surface area contributed by atoms with E-state index in [1.165, 1.54) is 0 Å². The summed E-state index contributed by atoms with van der Waals surface area (Å²) >= 11 is 6.07. The lowest BCUT2D eigenvalue weighted by Gasteiger charge is -2.18. The number of amides is 1. The second kappa shape index (κ2) is 4.88. The number of nitrogens with one attached hydrogen (secondary N) is 1. The SMILES string of the molecule is Cc1cc(Cl)c(C(=O)NC2CCC(C)(C)C2)cn1. The number of carbonyl (C=O) groups is 1. The summed E-state index contributed by atoms with van der Waals surface area (Å²) in [5.41, 5.74) is 1.61. The van der Waals surface area contributed by atoms with Crippen LogP contribution in [0, 0.1) is 12.3 Å². The van der Waals surface area contributed by atoms with E-state index >= 15 is 0 Å². The molecule has 1 N–H and O–H groups in total. The molecule has 1 atom stereocenters. The Morgan fingerprint density at radius 2 is 2.28 bits per heavy atom. The smallest absolute Gasteiger partial charge is 0.254 e. The summed E-state index contributed by atoms with van der Waals surface area (Å²) < 4.78 is 0. The van der Waals surface area contributed by atoms with Crippen LogP contribution in [-0.2, 0) is 0 Å². The molecule has 1 saturated carbocycles. The number of aryl methyl sites for hydroxylation is 1. The molecule has 1 heterocycles. The molecule has 0 saturated heterocycles. The lowest BCUT2D eigenvalue weighted by molar-refractivity contribution is 0.0936. The maximum absolute atomic E-state index is 12.1. The third kappa shape index (κ3) is 3.02. The van der Waals surface area contributed by atoms with Gasteiger partial charge in [-0.15, -0.1) is 0 Å². The third-order valence-corrected chi connectivity index (χ3v) is 3.85. The van der Waals surface area contributed by atoms with E-state index < -0.39 is 0 Å². The molecular weight excluding hydrogens is 248 g/mol. The van der Waals surface area contributed by atoms with Crippen molar-refractivity contribution in [2.75, 3.05) is 0 Å². The van der Waals surface area contributed by atoms with Crippen LogP contribution in [0.5, 0.6) is 0 Å². The normalized spacial score (nSPS) is 21.9. The number of hydrogen-bond donors (Lipinski definition) is 1. The lowest BCUT2D eigenvalue weighted by atomic mass is 9.92. The predicted octanol–water partition coefficient (Wildman–Crippen LogP) is 3.35. The van der Waals surface area contributed by atoms with E-state index in [4.69, 9.17) is 11.6 Å². The molecule has 3 nitrogen and oxygen atoms in total. The van der Waals surface area contributed by atoms with Crippen LogP contribution in [0.15, 0.2) is 12.3 Å². The van der Waals surface area contributed by atoms with Crippen molar-refractivity contribution in [3.63, 3.8) is 0 Å². The average Bonchev–Trinajstić information content (AvgIpc) is 2.57. The Kier molecular flexibility index (Phi) is 3.62. The Bertz CT molecular complexity index is 471. The molecule has 1 aromatic rings. The Balaban J connectivity index is 2.04. The van der Waals surface area contributed by atoms with Gasteiger partial charge < -0.3 is 5.32 Å². The van der Waals surface area contributed by atoms with Gasteiger partial charge in [0.05, 0.1) is 10.6 Å². The van der Waals surface area contributed by atoms with Crippen molar-refractivity contribution in [3.8, 4) is 0 Å². The van der Waals surface area contributed by atoms with Crippen molar-refractivity contribution < 1.29 is 4.79 Å². The first kappa shape index (κ1) is 13.3. The van der Waals surface area contributed by atoms with E-state index in [0.29, 0.717) is 16.0 Å². The Morgan fingerprint density at radius 1 is 1.56 bits per heavy atom. The number of rotatable bonds is 2. The summed E-state index contributed by atoms with van der Waals surface area (Å²) in [7, 11) is 0. The van der Waals surface area contributed by atoms with Gasteiger partial charge in [-0.3, -0.25) is 9.78 Å². The minimum absolute atomic E-state index is 0.116. The van der Waals surface area contributed by atoms with Crippen LogP contribution < -0.4 is 5.32 Å². The van der Waals surface area contributed by atoms with E-state index in [1.807, 2.05) is 6.92 Å². The molecule has 1 unspecified atom stereocenters. The van der Waals surface area contributed by atoms with Gasteiger partial charge in [0.1, 0.15) is 0 Å². The fourth-order valence-corrected chi connectivity index (χ4v) is 2.81. The van der Waals surface area contributed by atoms with E-state index in [9.17, 15) is 4.79 Å². The highest BCUT2D eigenvalue weighted by atomic mass is 35.5. The number of pyridine rings is 1. The number of halogens is 1. The molecule has 1 amide bonds. The average molecular weight is 267 g/mol. The van der Waals surface area contributed by atoms with E-state index in [1.54, 1.807) is 12.3 Å². The molecule has 98 valence electrons. The quantitative estimate of drug-likeness (QED) is 0.892. The van der Waals surface area contributed by atoms with Crippen LogP contribution in [0.3, 0.4) is 0 Å². The second-order valence-electron chi connectivity index (χ2n) is 5.88. The number of aromatic nitrogens is 1. The van der Waals surface area contributed by atoms with Crippen molar-refractivity contribution in [3.05, 3.63) is 28.5 Å². The van der Waals surface area contributed by atoms with Crippen molar-refractivity contribution in [1.82, 2.24) is 10.3 Å². The molecule has 0 aromatic carbocycles. The zero-order chi connectivity index (χ0) is 13.3. The van der Waals surface area contributed by atoms with Crippen molar-refractivity contribution in [2.45, 2.75) is 46.1 Å². The fourth-order valence-electron chi connectivity index (χ4n) is 2.52. The predicted molar refractivity (Wildman–Crippen MR) is 72.9 cm³/mol. The van der Waals surface area contributed by atoms with Gasteiger partial charge >= 0.3 is 0 Å². The summed E-state index contributed by atoms with van der Waals surface area (Å²) in [6.07, 6.45) is 4.76. The van der Waals surface area contributed by atoms with Crippen LogP contribution >= 0.6 is 11.6 Å². The van der Waals surface area contributed by atoms with Gasteiger partial charge in [0.25, 0.3) is 5.91 Å². The topological polar surface area (TPSA) is 42.0 Å². The van der Waals surface area contributed by atoms with Gasteiger partial charge in [0, 0.05) is 17.9 Å². The highest BCUT2D eigenvalue weighted by molar-refractivity contribution is 6.33. The van der Waals surface area contributed by atoms with Gasteiger partial charge in [-0.1, -0.05) is 25.4 Å². The summed E-state index contributed by atoms with van der Waals surface area (Å²) in [5.74, 6) is -0.116. The number of carbonyl (C=O) groups excluding carboxylic acids is 1. The third-order valence-electron chi connectivity index (χ3n) is 3.54. The Labute approximate surface area is 113 Å². The first-order chi connectivity index (χ1) is 8.37. The molecule has 1 aliphatic rings. The van der Waals surface area contributed by atoms with Crippen LogP contribution in [0.25, 0.3) is 0 Å². The van der Waals surface area contributed by atoms with Gasteiger partial charge in [-0.05, 0) is 37.7 Å². The molecule has 0 bridgehead atoms. The van der Waals surface area contributed by atoms with E-state index in [2.05, 4.69) is 24.1 Å². The van der Waals surface area contributed by atoms with E-state index in [-0.39, 0.29) is 11.9 Å². The standard InChI is InChI=1S/C14H19ClN2O/c1-9-6-12(15)11(8-16-9)13(18)17-10-4-5-14(2,3)7-10/h6,8,10H,4-5,7H2,1-3H3,(H,17,18). The van der Waals surface area contributed by atoms with Crippen LogP contribution in [-0.4, -0.2) is 16.9 Å². The Hall–Kier alpha value is -1.09. The van der Waals surface area contributed by atoms with E-state index in [0.717, 1.165) is 25.0 Å². The number of nitrogens with zero attached hydrogens (tertiary/aromatic N) is 1. The first-order valence-electron chi connectivity index (χ1n) is 6.30. The number of hydrogen-bond acceptors (Lipinski definition) is 2. The fraction of sp³-hybridized carbons (Fsp3) is 0.571. The Morgan fingerprint density at radius 3 is 2.83 bits per heavy atom. The summed E-state index contributed by atoms with van der Waals surface area (Å²) in [6.45, 7) is 6.33. The highest BCUT2D eigenvalue weighted by Gasteiger charge is 2.32. The molecule has 0 radical (unpaired) electrons. The van der Waals surface area contributed by atoms with Crippen molar-refractivity contribution in [2.24, 2.45) is 5.41 Å². The molecule has 1 aromatic heterocycles. The van der Waals surface area contributed by atoms with Crippen molar-refractivity contribution in [1.29, 1.82) is 0 Å². The summed E-state index contributed by atoms with van der Waals surface area (Å²) in [6, 6.07) is 1.97. The largest absolute Gasteiger partial charge is 0.349 e. The highest BCUT2D eigenvalue weighted by Crippen LogP contribution is 2.37. The molecule has 4 heteroatoms. The van der Waals surface area contributed by atoms with Crippen LogP contribution in [0.2, 0.25) is 5.02 Å². The monoisotopic (exact) mass is 266 g/mol. The maximum Gasteiger partial charge on any atom is 0.254 e. The molecule has 18 heavy (non-hydrogen) atoms. The molecule has 0 aliphatic heterocycles. The van der Waals surface area contributed by atoms with Gasteiger partial charge in [0.15, 0.2) is 0 Å². The second-order valence-corrected chi connectivity index (χ2v) is 6.29. The van der Waals surface area contributed by atoms with Gasteiger partial charge in [0.2, 0.25) is 0 Å². The molecule has 0 spiro atoms. The summed E-state index contributed by atoms with van der Waals surface area (Å²) in [5, 5.41) is 3.52.